The molecule has 0 atom stereocenters. The van der Waals surface area contributed by atoms with Crippen LogP contribution in [0.15, 0.2) is 48.9 Å². The van der Waals surface area contributed by atoms with Gasteiger partial charge in [-0.2, -0.15) is 0 Å². The van der Waals surface area contributed by atoms with Crippen molar-refractivity contribution in [3.05, 3.63) is 54.5 Å². The van der Waals surface area contributed by atoms with Gasteiger partial charge in [0.25, 0.3) is 5.65 Å². The van der Waals surface area contributed by atoms with E-state index in [1.54, 1.807) is 12.5 Å². The molecule has 4 nitrogen and oxygen atoms in total. The highest BCUT2D eigenvalue weighted by Gasteiger charge is 2.32. The Kier molecular flexibility index (Phi) is 1.29. The van der Waals surface area contributed by atoms with Gasteiger partial charge in [-0.25, -0.2) is 18.5 Å². The molecule has 0 radical (unpaired) electrons. The van der Waals surface area contributed by atoms with Crippen molar-refractivity contribution in [2.75, 3.05) is 0 Å². The average Bonchev–Trinajstić information content (AvgIpc) is 3.13. The van der Waals surface area contributed by atoms with Gasteiger partial charge in [0.15, 0.2) is 11.8 Å². The maximum Gasteiger partial charge on any atom is 0.274 e. The third kappa shape index (κ3) is 1.04. The Morgan fingerprint density at radius 2 is 2.25 bits per heavy atom. The molecule has 4 heteroatoms. The first-order valence-electron chi connectivity index (χ1n) is 8.04. The summed E-state index contributed by atoms with van der Waals surface area (Å²) < 4.78 is 29.5. The SMILES string of the molecule is [2H]C([2H])([2H])[n+]1c2n(c3cc4ccncn4c31)Cc1ccccc1-2. The summed E-state index contributed by atoms with van der Waals surface area (Å²) in [4.78, 5) is 4.14. The molecule has 20 heavy (non-hydrogen) atoms. The Balaban J connectivity index is 2.01. The smallest absolute Gasteiger partial charge is 0.249 e. The molecule has 0 aliphatic carbocycles. The van der Waals surface area contributed by atoms with Gasteiger partial charge < -0.3 is 0 Å². The lowest BCUT2D eigenvalue weighted by molar-refractivity contribution is -0.636. The second-order valence-electron chi connectivity index (χ2n) is 5.13. The number of hydrogen-bond acceptors (Lipinski definition) is 1. The van der Waals surface area contributed by atoms with Gasteiger partial charge in [0.05, 0.1) is 23.2 Å². The van der Waals surface area contributed by atoms with Crippen LogP contribution < -0.4 is 4.57 Å². The van der Waals surface area contributed by atoms with Crippen molar-refractivity contribution in [1.29, 1.82) is 0 Å². The zero-order valence-electron chi connectivity index (χ0n) is 13.6. The van der Waals surface area contributed by atoms with Crippen LogP contribution in [0, 0.1) is 0 Å². The number of benzene rings is 1. The third-order valence-corrected chi connectivity index (χ3v) is 4.09. The van der Waals surface area contributed by atoms with E-state index in [4.69, 9.17) is 4.11 Å². The van der Waals surface area contributed by atoms with E-state index in [1.807, 2.05) is 34.7 Å². The van der Waals surface area contributed by atoms with Crippen LogP contribution >= 0.6 is 0 Å². The van der Waals surface area contributed by atoms with E-state index in [0.29, 0.717) is 12.2 Å². The van der Waals surface area contributed by atoms with Crippen LogP contribution in [0.1, 0.15) is 9.68 Å². The molecule has 0 saturated heterocycles. The Labute approximate surface area is 119 Å². The van der Waals surface area contributed by atoms with E-state index in [0.717, 1.165) is 28.0 Å². The van der Waals surface area contributed by atoms with Crippen LogP contribution in [0.25, 0.3) is 28.1 Å². The summed E-state index contributed by atoms with van der Waals surface area (Å²) in [6.07, 6.45) is 3.38. The van der Waals surface area contributed by atoms with Gasteiger partial charge in [-0.15, -0.1) is 0 Å². The molecule has 0 spiro atoms. The number of rotatable bonds is 0. The lowest BCUT2D eigenvalue weighted by Crippen LogP contribution is -2.30. The number of aromatic nitrogens is 4. The van der Waals surface area contributed by atoms with Gasteiger partial charge in [0, 0.05) is 12.3 Å². The molecule has 0 amide bonds. The maximum absolute atomic E-state index is 8.04. The third-order valence-electron chi connectivity index (χ3n) is 4.09. The van der Waals surface area contributed by atoms with Crippen LogP contribution in [0.4, 0.5) is 0 Å². The van der Waals surface area contributed by atoms with Crippen LogP contribution in [0.2, 0.25) is 0 Å². The van der Waals surface area contributed by atoms with Gasteiger partial charge in [-0.1, -0.05) is 18.2 Å². The molecule has 0 fully saturated rings. The van der Waals surface area contributed by atoms with Gasteiger partial charge in [0.2, 0.25) is 5.82 Å². The highest BCUT2D eigenvalue weighted by Crippen LogP contribution is 2.33. The second-order valence-corrected chi connectivity index (χ2v) is 5.13. The fourth-order valence-corrected chi connectivity index (χ4v) is 3.22. The van der Waals surface area contributed by atoms with Crippen molar-refractivity contribution in [3.63, 3.8) is 0 Å². The Bertz CT molecular complexity index is 1090. The Hall–Kier alpha value is -2.62. The minimum absolute atomic E-state index is 0.664. The zero-order valence-corrected chi connectivity index (χ0v) is 10.6. The fraction of sp³-hybridized carbons (Fsp3) is 0.125. The number of aryl methyl sites for hydroxylation is 1. The van der Waals surface area contributed by atoms with Crippen molar-refractivity contribution in [2.24, 2.45) is 6.98 Å². The van der Waals surface area contributed by atoms with E-state index in [1.165, 1.54) is 4.57 Å². The quantitative estimate of drug-likeness (QED) is 0.394. The van der Waals surface area contributed by atoms with Gasteiger partial charge >= 0.3 is 0 Å². The van der Waals surface area contributed by atoms with E-state index < -0.39 is 6.98 Å². The first-order valence-corrected chi connectivity index (χ1v) is 6.54. The number of nitrogens with zero attached hydrogens (tertiary/aromatic N) is 4. The highest BCUT2D eigenvalue weighted by atomic mass is 15.2. The van der Waals surface area contributed by atoms with Gasteiger partial charge in [-0.3, -0.25) is 0 Å². The van der Waals surface area contributed by atoms with E-state index in [-0.39, 0.29) is 0 Å². The minimum Gasteiger partial charge on any atom is -0.249 e. The van der Waals surface area contributed by atoms with Crippen LogP contribution in [-0.4, -0.2) is 14.0 Å². The first kappa shape index (κ1) is 7.85. The summed E-state index contributed by atoms with van der Waals surface area (Å²) in [7, 11) is 0. The molecule has 1 aliphatic heterocycles. The molecule has 0 saturated carbocycles. The topological polar surface area (TPSA) is 26.1 Å². The molecule has 1 aliphatic rings. The molecule has 3 aromatic heterocycles. The molecule has 0 N–H and O–H groups in total. The molecule has 4 aromatic rings. The summed E-state index contributed by atoms with van der Waals surface area (Å²) in [6, 6.07) is 11.9. The van der Waals surface area contributed by atoms with E-state index >= 15 is 0 Å². The van der Waals surface area contributed by atoms with Crippen LogP contribution in [0.3, 0.4) is 0 Å². The Morgan fingerprint density at radius 3 is 3.20 bits per heavy atom. The molecule has 0 unspecified atom stereocenters. The number of hydrogen-bond donors (Lipinski definition) is 0. The standard InChI is InChI=1S/C16H13N4/c1-18-15-13-5-3-2-4-11(13)9-19(15)14-8-12-6-7-17-10-20(12)16(14)18/h2-8,10H,9H2,1H3/q+1/i1D3. The zero-order chi connectivity index (χ0) is 15.8. The molecular formula is C16H13N4+. The lowest BCUT2D eigenvalue weighted by Gasteiger charge is -1.97. The van der Waals surface area contributed by atoms with Crippen molar-refractivity contribution in [2.45, 2.75) is 6.54 Å². The molecule has 1 aromatic carbocycles. The molecule has 5 rings (SSSR count). The molecular weight excluding hydrogens is 248 g/mol. The maximum atomic E-state index is 8.04. The minimum atomic E-state index is -2.26. The van der Waals surface area contributed by atoms with Crippen LogP contribution in [-0.2, 0) is 13.5 Å². The molecule has 4 heterocycles. The molecule has 0 bridgehead atoms. The highest BCUT2D eigenvalue weighted by molar-refractivity contribution is 5.83. The summed E-state index contributed by atoms with van der Waals surface area (Å²) in [5, 5.41) is 0. The second kappa shape index (κ2) is 3.28. The summed E-state index contributed by atoms with van der Waals surface area (Å²) in [6.45, 7) is -1.57. The summed E-state index contributed by atoms with van der Waals surface area (Å²) in [5.74, 6) is 0.740. The summed E-state index contributed by atoms with van der Waals surface area (Å²) in [5.41, 5.74) is 4.65. The Morgan fingerprint density at radius 1 is 1.30 bits per heavy atom. The summed E-state index contributed by atoms with van der Waals surface area (Å²) >= 11 is 0. The van der Waals surface area contributed by atoms with Crippen molar-refractivity contribution in [1.82, 2.24) is 14.0 Å². The monoisotopic (exact) mass is 264 g/mol. The number of fused-ring (bicyclic) bond motifs is 7. The van der Waals surface area contributed by atoms with E-state index in [2.05, 4.69) is 15.6 Å². The van der Waals surface area contributed by atoms with Crippen LogP contribution in [0.5, 0.6) is 0 Å². The first-order chi connectivity index (χ1) is 11.1. The van der Waals surface area contributed by atoms with Gasteiger partial charge in [-0.05, 0) is 17.7 Å². The normalized spacial score (nSPS) is 15.9. The lowest BCUT2D eigenvalue weighted by atomic mass is 10.1. The predicted octanol–water partition coefficient (Wildman–Crippen LogP) is 2.14. The van der Waals surface area contributed by atoms with Crippen molar-refractivity contribution < 1.29 is 8.68 Å². The average molecular weight is 264 g/mol. The predicted molar refractivity (Wildman–Crippen MR) is 76.4 cm³/mol. The van der Waals surface area contributed by atoms with Crippen molar-refractivity contribution in [3.8, 4) is 11.4 Å². The fourth-order valence-electron chi connectivity index (χ4n) is 3.22. The number of imidazole rings is 1. The van der Waals surface area contributed by atoms with Gasteiger partial charge in [0.1, 0.15) is 5.52 Å². The largest absolute Gasteiger partial charge is 0.274 e. The molecule has 96 valence electrons. The van der Waals surface area contributed by atoms with E-state index in [9.17, 15) is 0 Å². The van der Waals surface area contributed by atoms with Crippen molar-refractivity contribution >= 4 is 16.7 Å².